The molecule has 0 aliphatic heterocycles. The average Bonchev–Trinajstić information content (AvgIpc) is 2.49. The number of primary amides is 1. The molecule has 106 valence electrons. The molecule has 0 radical (unpaired) electrons. The third-order valence-electron chi connectivity index (χ3n) is 2.73. The van der Waals surface area contributed by atoms with Gasteiger partial charge in [0.2, 0.25) is 0 Å². The largest absolute Gasteiger partial charge is 0.364 e. The van der Waals surface area contributed by atoms with Crippen LogP contribution in [-0.2, 0) is 4.79 Å². The van der Waals surface area contributed by atoms with Crippen molar-refractivity contribution in [1.29, 1.82) is 0 Å². The van der Waals surface area contributed by atoms with Crippen LogP contribution >= 0.6 is 15.9 Å². The lowest BCUT2D eigenvalue weighted by Gasteiger charge is -2.07. The van der Waals surface area contributed by atoms with Gasteiger partial charge >= 0.3 is 0 Å². The van der Waals surface area contributed by atoms with Gasteiger partial charge in [-0.05, 0) is 35.9 Å². The summed E-state index contributed by atoms with van der Waals surface area (Å²) in [5, 5.41) is 2.53. The van der Waals surface area contributed by atoms with Crippen molar-refractivity contribution in [2.75, 3.05) is 0 Å². The second kappa shape index (κ2) is 6.85. The number of rotatable bonds is 4. The van der Waals surface area contributed by atoms with E-state index >= 15 is 0 Å². The standard InChI is InChI=1S/C16H13BrN2O2/c17-13-8-6-11(7-9-13)10-14(15(18)20)19-16(21)12-4-2-1-3-5-12/h1-10H,(H2,18,20)(H,19,21)/b14-10+. The fourth-order valence-electron chi connectivity index (χ4n) is 1.68. The first-order chi connectivity index (χ1) is 10.1. The highest BCUT2D eigenvalue weighted by molar-refractivity contribution is 9.10. The first kappa shape index (κ1) is 15.0. The average molecular weight is 345 g/mol. The maximum absolute atomic E-state index is 12.0. The number of amides is 2. The van der Waals surface area contributed by atoms with Gasteiger partial charge in [0, 0.05) is 10.0 Å². The monoisotopic (exact) mass is 344 g/mol. The van der Waals surface area contributed by atoms with Gasteiger partial charge in [-0.3, -0.25) is 9.59 Å². The number of benzene rings is 2. The molecule has 0 atom stereocenters. The third-order valence-corrected chi connectivity index (χ3v) is 3.26. The van der Waals surface area contributed by atoms with Crippen LogP contribution in [0.1, 0.15) is 15.9 Å². The van der Waals surface area contributed by atoms with E-state index in [0.717, 1.165) is 10.0 Å². The van der Waals surface area contributed by atoms with Crippen LogP contribution in [-0.4, -0.2) is 11.8 Å². The van der Waals surface area contributed by atoms with Crippen molar-refractivity contribution in [3.63, 3.8) is 0 Å². The van der Waals surface area contributed by atoms with Gasteiger partial charge in [-0.2, -0.15) is 0 Å². The summed E-state index contributed by atoms with van der Waals surface area (Å²) in [6.45, 7) is 0. The summed E-state index contributed by atoms with van der Waals surface area (Å²) >= 11 is 3.33. The first-order valence-electron chi connectivity index (χ1n) is 6.20. The Morgan fingerprint density at radius 3 is 2.19 bits per heavy atom. The van der Waals surface area contributed by atoms with Crippen LogP contribution in [0.3, 0.4) is 0 Å². The SMILES string of the molecule is NC(=O)/C(=C\c1ccc(Br)cc1)NC(=O)c1ccccc1. The summed E-state index contributed by atoms with van der Waals surface area (Å²) < 4.78 is 0.925. The van der Waals surface area contributed by atoms with E-state index in [2.05, 4.69) is 21.2 Å². The molecule has 3 N–H and O–H groups in total. The van der Waals surface area contributed by atoms with Gasteiger partial charge < -0.3 is 11.1 Å². The molecule has 0 spiro atoms. The summed E-state index contributed by atoms with van der Waals surface area (Å²) in [4.78, 5) is 23.5. The molecule has 0 heterocycles. The van der Waals surface area contributed by atoms with Crippen molar-refractivity contribution < 1.29 is 9.59 Å². The maximum atomic E-state index is 12.0. The van der Waals surface area contributed by atoms with E-state index < -0.39 is 5.91 Å². The van der Waals surface area contributed by atoms with Gasteiger partial charge in [-0.1, -0.05) is 46.3 Å². The normalized spacial score (nSPS) is 11.0. The van der Waals surface area contributed by atoms with Crippen LogP contribution < -0.4 is 11.1 Å². The lowest BCUT2D eigenvalue weighted by Crippen LogP contribution is -2.31. The lowest BCUT2D eigenvalue weighted by atomic mass is 10.1. The highest BCUT2D eigenvalue weighted by atomic mass is 79.9. The van der Waals surface area contributed by atoms with Crippen LogP contribution in [0.5, 0.6) is 0 Å². The van der Waals surface area contributed by atoms with Crippen molar-refractivity contribution in [3.05, 3.63) is 75.9 Å². The minimum Gasteiger partial charge on any atom is -0.364 e. The molecule has 0 fully saturated rings. The zero-order valence-corrected chi connectivity index (χ0v) is 12.6. The van der Waals surface area contributed by atoms with E-state index in [-0.39, 0.29) is 11.6 Å². The number of nitrogens with two attached hydrogens (primary N) is 1. The van der Waals surface area contributed by atoms with Gasteiger partial charge in [-0.25, -0.2) is 0 Å². The number of hydrogen-bond donors (Lipinski definition) is 2. The number of carbonyl (C=O) groups is 2. The fraction of sp³-hybridized carbons (Fsp3) is 0. The van der Waals surface area contributed by atoms with E-state index in [0.29, 0.717) is 5.56 Å². The van der Waals surface area contributed by atoms with Crippen molar-refractivity contribution in [2.45, 2.75) is 0 Å². The molecule has 0 aromatic heterocycles. The second-order valence-corrected chi connectivity index (χ2v) is 5.21. The summed E-state index contributed by atoms with van der Waals surface area (Å²) in [6.07, 6.45) is 1.54. The summed E-state index contributed by atoms with van der Waals surface area (Å²) in [6, 6.07) is 15.9. The Labute approximate surface area is 130 Å². The highest BCUT2D eigenvalue weighted by Crippen LogP contribution is 2.13. The predicted molar refractivity (Wildman–Crippen MR) is 85.2 cm³/mol. The Hall–Kier alpha value is -2.40. The minimum atomic E-state index is -0.692. The van der Waals surface area contributed by atoms with Crippen LogP contribution in [0, 0.1) is 0 Å². The Bertz CT molecular complexity index is 679. The second-order valence-electron chi connectivity index (χ2n) is 4.29. The number of carbonyl (C=O) groups excluding carboxylic acids is 2. The lowest BCUT2D eigenvalue weighted by molar-refractivity contribution is -0.114. The molecule has 0 saturated heterocycles. The van der Waals surface area contributed by atoms with Crippen LogP contribution in [0.4, 0.5) is 0 Å². The van der Waals surface area contributed by atoms with E-state index in [1.54, 1.807) is 24.3 Å². The van der Waals surface area contributed by atoms with Crippen LogP contribution in [0.15, 0.2) is 64.8 Å². The Morgan fingerprint density at radius 1 is 1.00 bits per heavy atom. The molecule has 5 heteroatoms. The van der Waals surface area contributed by atoms with E-state index in [1.165, 1.54) is 6.08 Å². The van der Waals surface area contributed by atoms with E-state index in [4.69, 9.17) is 5.73 Å². The van der Waals surface area contributed by atoms with Gasteiger partial charge in [0.05, 0.1) is 0 Å². The Balaban J connectivity index is 2.22. The predicted octanol–water partition coefficient (Wildman–Crippen LogP) is 2.71. The fourth-order valence-corrected chi connectivity index (χ4v) is 1.94. The molecule has 2 rings (SSSR count). The minimum absolute atomic E-state index is 0.0474. The molecule has 4 nitrogen and oxygen atoms in total. The molecule has 2 aromatic rings. The zero-order chi connectivity index (χ0) is 15.2. The van der Waals surface area contributed by atoms with Gasteiger partial charge in [0.1, 0.15) is 5.70 Å². The maximum Gasteiger partial charge on any atom is 0.265 e. The topological polar surface area (TPSA) is 72.2 Å². The molecule has 0 aliphatic carbocycles. The summed E-state index contributed by atoms with van der Waals surface area (Å²) in [5.74, 6) is -1.07. The molecule has 0 saturated carbocycles. The number of halogens is 1. The number of nitrogens with one attached hydrogen (secondary N) is 1. The van der Waals surface area contributed by atoms with Crippen molar-refractivity contribution in [2.24, 2.45) is 5.73 Å². The molecule has 0 aliphatic rings. The van der Waals surface area contributed by atoms with Crippen molar-refractivity contribution in [1.82, 2.24) is 5.32 Å². The Morgan fingerprint density at radius 2 is 1.62 bits per heavy atom. The third kappa shape index (κ3) is 4.29. The molecular formula is C16H13BrN2O2. The van der Waals surface area contributed by atoms with E-state index in [9.17, 15) is 9.59 Å². The smallest absolute Gasteiger partial charge is 0.265 e. The summed E-state index contributed by atoms with van der Waals surface area (Å²) in [7, 11) is 0. The number of hydrogen-bond acceptors (Lipinski definition) is 2. The molecule has 0 unspecified atom stereocenters. The van der Waals surface area contributed by atoms with Crippen LogP contribution in [0.2, 0.25) is 0 Å². The van der Waals surface area contributed by atoms with Gasteiger partial charge in [-0.15, -0.1) is 0 Å². The molecular weight excluding hydrogens is 332 g/mol. The highest BCUT2D eigenvalue weighted by Gasteiger charge is 2.11. The van der Waals surface area contributed by atoms with Crippen LogP contribution in [0.25, 0.3) is 6.08 Å². The quantitative estimate of drug-likeness (QED) is 0.837. The molecule has 2 aromatic carbocycles. The van der Waals surface area contributed by atoms with Gasteiger partial charge in [0.15, 0.2) is 0 Å². The molecule has 2 amide bonds. The summed E-state index contributed by atoms with van der Waals surface area (Å²) in [5.41, 5.74) is 6.58. The van der Waals surface area contributed by atoms with E-state index in [1.807, 2.05) is 30.3 Å². The van der Waals surface area contributed by atoms with Gasteiger partial charge in [0.25, 0.3) is 11.8 Å². The van der Waals surface area contributed by atoms with Crippen molar-refractivity contribution in [3.8, 4) is 0 Å². The first-order valence-corrected chi connectivity index (χ1v) is 6.99. The molecule has 0 bridgehead atoms. The molecule has 21 heavy (non-hydrogen) atoms. The zero-order valence-electron chi connectivity index (χ0n) is 11.0. The van der Waals surface area contributed by atoms with Crippen molar-refractivity contribution >= 4 is 33.8 Å². The Kier molecular flexibility index (Phi) is 4.90.